The largest absolute Gasteiger partial charge is 0.453 e. The van der Waals surface area contributed by atoms with Crippen LogP contribution in [0.5, 0.6) is 11.5 Å². The number of nitro groups is 1. The van der Waals surface area contributed by atoms with Crippen LogP contribution in [0.15, 0.2) is 12.1 Å². The van der Waals surface area contributed by atoms with E-state index in [1.54, 1.807) is 12.1 Å². The van der Waals surface area contributed by atoms with Gasteiger partial charge in [-0.2, -0.15) is 0 Å². The highest BCUT2D eigenvalue weighted by molar-refractivity contribution is 5.79. The average molecular weight is 263 g/mol. The highest BCUT2D eigenvalue weighted by atomic mass is 16.7. The van der Waals surface area contributed by atoms with Crippen LogP contribution in [0.1, 0.15) is 37.2 Å². The van der Waals surface area contributed by atoms with Crippen molar-refractivity contribution in [1.29, 1.82) is 0 Å². The normalized spacial score (nSPS) is 18.6. The molecule has 1 aromatic rings. The number of nitrogens with zero attached hydrogens (tertiary/aromatic N) is 1. The molecule has 19 heavy (non-hydrogen) atoms. The van der Waals surface area contributed by atoms with Gasteiger partial charge in [0.2, 0.25) is 12.5 Å². The Balaban J connectivity index is 1.96. The topological polar surface area (TPSA) is 78.7 Å². The van der Waals surface area contributed by atoms with Crippen molar-refractivity contribution in [3.8, 4) is 11.5 Å². The summed E-state index contributed by atoms with van der Waals surface area (Å²) in [4.78, 5) is 21.9. The van der Waals surface area contributed by atoms with E-state index >= 15 is 0 Å². The second-order valence-electron chi connectivity index (χ2n) is 4.84. The number of hydrogen-bond acceptors (Lipinski definition) is 5. The molecule has 3 rings (SSSR count). The third-order valence-electron chi connectivity index (χ3n) is 3.69. The number of Topliss-reactive ketones (excluding diaryl/α,β-unsaturated/α-hetero) is 1. The van der Waals surface area contributed by atoms with Gasteiger partial charge < -0.3 is 9.47 Å². The summed E-state index contributed by atoms with van der Waals surface area (Å²) in [7, 11) is 0. The Bertz CT molecular complexity index is 544. The number of benzene rings is 1. The molecule has 6 nitrogen and oxygen atoms in total. The van der Waals surface area contributed by atoms with Crippen molar-refractivity contribution in [2.24, 2.45) is 0 Å². The second kappa shape index (κ2) is 4.53. The first-order valence-electron chi connectivity index (χ1n) is 6.25. The number of hydrogen-bond donors (Lipinski definition) is 0. The van der Waals surface area contributed by atoms with Gasteiger partial charge in [-0.3, -0.25) is 14.9 Å². The average Bonchev–Trinajstić information content (AvgIpc) is 2.86. The maximum absolute atomic E-state index is 11.2. The van der Waals surface area contributed by atoms with Crippen LogP contribution in [-0.4, -0.2) is 17.5 Å². The van der Waals surface area contributed by atoms with Crippen LogP contribution in [0.2, 0.25) is 0 Å². The molecule has 1 heterocycles. The van der Waals surface area contributed by atoms with E-state index in [0.717, 1.165) is 18.4 Å². The van der Waals surface area contributed by atoms with Crippen molar-refractivity contribution in [2.45, 2.75) is 31.6 Å². The Kier molecular flexibility index (Phi) is 2.85. The fraction of sp³-hybridized carbons (Fsp3) is 0.462. The van der Waals surface area contributed by atoms with E-state index in [-0.39, 0.29) is 29.9 Å². The minimum atomic E-state index is -0.453. The summed E-state index contributed by atoms with van der Waals surface area (Å²) in [6, 6.07) is 3.35. The Morgan fingerprint density at radius 2 is 1.95 bits per heavy atom. The summed E-state index contributed by atoms with van der Waals surface area (Å²) >= 11 is 0. The lowest BCUT2D eigenvalue weighted by atomic mass is 9.83. The van der Waals surface area contributed by atoms with E-state index in [9.17, 15) is 14.9 Å². The smallest absolute Gasteiger partial charge is 0.315 e. The third-order valence-corrected chi connectivity index (χ3v) is 3.69. The van der Waals surface area contributed by atoms with Crippen molar-refractivity contribution in [2.75, 3.05) is 6.79 Å². The Labute approximate surface area is 109 Å². The Morgan fingerprint density at radius 1 is 1.21 bits per heavy atom. The summed E-state index contributed by atoms with van der Waals surface area (Å²) in [6.45, 7) is 0.0166. The predicted octanol–water partition coefficient (Wildman–Crippen LogP) is 2.55. The maximum Gasteiger partial charge on any atom is 0.315 e. The molecule has 1 aliphatic carbocycles. The molecule has 1 fully saturated rings. The number of carbonyl (C=O) groups is 1. The van der Waals surface area contributed by atoms with E-state index in [1.807, 2.05) is 0 Å². The predicted molar refractivity (Wildman–Crippen MR) is 65.4 cm³/mol. The van der Waals surface area contributed by atoms with Gasteiger partial charge in [0.25, 0.3) is 0 Å². The zero-order valence-electron chi connectivity index (χ0n) is 10.3. The molecule has 2 aliphatic rings. The van der Waals surface area contributed by atoms with E-state index in [2.05, 4.69) is 0 Å². The molecule has 0 amide bonds. The molecule has 0 radical (unpaired) electrons. The van der Waals surface area contributed by atoms with Crippen LogP contribution < -0.4 is 9.47 Å². The monoisotopic (exact) mass is 263 g/mol. The first kappa shape index (κ1) is 12.0. The van der Waals surface area contributed by atoms with Gasteiger partial charge in [-0.05, 0) is 30.4 Å². The zero-order chi connectivity index (χ0) is 13.4. The van der Waals surface area contributed by atoms with E-state index in [4.69, 9.17) is 9.47 Å². The second-order valence-corrected chi connectivity index (χ2v) is 4.84. The lowest BCUT2D eigenvalue weighted by Gasteiger charge is -2.21. The summed E-state index contributed by atoms with van der Waals surface area (Å²) in [5, 5.41) is 11.1. The molecule has 0 bridgehead atoms. The lowest BCUT2D eigenvalue weighted by Crippen LogP contribution is -2.12. The first-order chi connectivity index (χ1) is 9.15. The lowest BCUT2D eigenvalue weighted by molar-refractivity contribution is -0.385. The fourth-order valence-corrected chi connectivity index (χ4v) is 2.66. The molecule has 0 N–H and O–H groups in total. The third kappa shape index (κ3) is 2.14. The molecule has 0 aromatic heterocycles. The van der Waals surface area contributed by atoms with Crippen LogP contribution >= 0.6 is 0 Å². The van der Waals surface area contributed by atoms with Gasteiger partial charge in [0.1, 0.15) is 5.78 Å². The Morgan fingerprint density at radius 3 is 2.63 bits per heavy atom. The van der Waals surface area contributed by atoms with Crippen LogP contribution in [0.3, 0.4) is 0 Å². The first-order valence-corrected chi connectivity index (χ1v) is 6.25. The molecule has 1 aromatic carbocycles. The van der Waals surface area contributed by atoms with E-state index in [1.165, 1.54) is 0 Å². The molecule has 1 aliphatic heterocycles. The van der Waals surface area contributed by atoms with Gasteiger partial charge in [-0.25, -0.2) is 0 Å². The standard InChI is InChI=1S/C13H13NO5/c15-10-3-1-8(2-4-10)9-5-11(14(16)17)13-12(6-9)18-7-19-13/h5-6,8H,1-4,7H2. The van der Waals surface area contributed by atoms with E-state index in [0.29, 0.717) is 18.6 Å². The molecule has 0 saturated heterocycles. The molecule has 0 unspecified atom stereocenters. The molecule has 0 spiro atoms. The van der Waals surface area contributed by atoms with Crippen molar-refractivity contribution in [3.63, 3.8) is 0 Å². The van der Waals surface area contributed by atoms with Crippen molar-refractivity contribution < 1.29 is 19.2 Å². The summed E-state index contributed by atoms with van der Waals surface area (Å²) in [5.74, 6) is 1.10. The molecule has 0 atom stereocenters. The fourth-order valence-electron chi connectivity index (χ4n) is 2.66. The van der Waals surface area contributed by atoms with Gasteiger partial charge in [0.15, 0.2) is 5.75 Å². The van der Waals surface area contributed by atoms with Gasteiger partial charge in [0.05, 0.1) is 4.92 Å². The molecule has 100 valence electrons. The molecular formula is C13H13NO5. The molecular weight excluding hydrogens is 250 g/mol. The quantitative estimate of drug-likeness (QED) is 0.605. The number of rotatable bonds is 2. The van der Waals surface area contributed by atoms with Crippen LogP contribution in [-0.2, 0) is 4.79 Å². The zero-order valence-corrected chi connectivity index (χ0v) is 10.3. The van der Waals surface area contributed by atoms with Crippen molar-refractivity contribution >= 4 is 11.5 Å². The number of nitro benzene ring substituents is 1. The highest BCUT2D eigenvalue weighted by Gasteiger charge is 2.29. The highest BCUT2D eigenvalue weighted by Crippen LogP contribution is 2.44. The van der Waals surface area contributed by atoms with Gasteiger partial charge >= 0.3 is 5.69 Å². The summed E-state index contributed by atoms with van der Waals surface area (Å²) in [6.07, 6.45) is 2.59. The van der Waals surface area contributed by atoms with Gasteiger partial charge in [-0.15, -0.1) is 0 Å². The maximum atomic E-state index is 11.2. The Hall–Kier alpha value is -2.11. The van der Waals surface area contributed by atoms with Crippen molar-refractivity contribution in [3.05, 3.63) is 27.8 Å². The number of ether oxygens (including phenoxy) is 2. The van der Waals surface area contributed by atoms with E-state index < -0.39 is 4.92 Å². The summed E-state index contributed by atoms with van der Waals surface area (Å²) in [5.41, 5.74) is 0.811. The minimum Gasteiger partial charge on any atom is -0.453 e. The molecule has 1 saturated carbocycles. The minimum absolute atomic E-state index is 0.0166. The van der Waals surface area contributed by atoms with Gasteiger partial charge in [0, 0.05) is 18.9 Å². The van der Waals surface area contributed by atoms with Crippen molar-refractivity contribution in [1.82, 2.24) is 0 Å². The number of fused-ring (bicyclic) bond motifs is 1. The van der Waals surface area contributed by atoms with Crippen LogP contribution in [0.25, 0.3) is 0 Å². The van der Waals surface area contributed by atoms with Crippen LogP contribution in [0, 0.1) is 10.1 Å². The number of carbonyl (C=O) groups excluding carboxylic acids is 1. The van der Waals surface area contributed by atoms with Gasteiger partial charge in [-0.1, -0.05) is 0 Å². The SMILES string of the molecule is O=C1CCC(c2cc3c(c([N+](=O)[O-])c2)OCO3)CC1. The van der Waals surface area contributed by atoms with Crippen LogP contribution in [0.4, 0.5) is 5.69 Å². The number of ketones is 1. The summed E-state index contributed by atoms with van der Waals surface area (Å²) < 4.78 is 10.4. The molecule has 6 heteroatoms.